The minimum absolute atomic E-state index is 0.143. The molecule has 1 atom stereocenters. The highest BCUT2D eigenvalue weighted by Crippen LogP contribution is 2.19. The predicted molar refractivity (Wildman–Crippen MR) is 69.8 cm³/mol. The van der Waals surface area contributed by atoms with Gasteiger partial charge in [0.15, 0.2) is 0 Å². The lowest BCUT2D eigenvalue weighted by atomic mass is 10.1. The van der Waals surface area contributed by atoms with E-state index in [1.54, 1.807) is 18.2 Å². The third-order valence-corrected chi connectivity index (χ3v) is 3.19. The maximum absolute atomic E-state index is 10.9. The molecule has 1 aromatic rings. The Labute approximate surface area is 106 Å². The van der Waals surface area contributed by atoms with E-state index >= 15 is 0 Å². The van der Waals surface area contributed by atoms with Crippen LogP contribution in [0.15, 0.2) is 18.2 Å². The van der Waals surface area contributed by atoms with Crippen molar-refractivity contribution < 1.29 is 14.6 Å². The van der Waals surface area contributed by atoms with Gasteiger partial charge in [-0.15, -0.1) is 0 Å². The Balaban J connectivity index is 1.88. The first-order valence-electron chi connectivity index (χ1n) is 6.11. The van der Waals surface area contributed by atoms with Gasteiger partial charge < -0.3 is 20.9 Å². The van der Waals surface area contributed by atoms with E-state index in [0.29, 0.717) is 5.92 Å². The van der Waals surface area contributed by atoms with Crippen molar-refractivity contribution in [1.82, 2.24) is 0 Å². The molecule has 1 heterocycles. The van der Waals surface area contributed by atoms with Crippen LogP contribution in [0.25, 0.3) is 0 Å². The Kier molecular flexibility index (Phi) is 4.04. The van der Waals surface area contributed by atoms with Crippen LogP contribution in [0.5, 0.6) is 0 Å². The highest BCUT2D eigenvalue weighted by atomic mass is 16.5. The molecule has 98 valence electrons. The van der Waals surface area contributed by atoms with Gasteiger partial charge in [-0.1, -0.05) is 0 Å². The van der Waals surface area contributed by atoms with Gasteiger partial charge in [-0.3, -0.25) is 0 Å². The molecule has 1 saturated heterocycles. The molecule has 1 unspecified atom stereocenters. The van der Waals surface area contributed by atoms with Gasteiger partial charge >= 0.3 is 5.97 Å². The highest BCUT2D eigenvalue weighted by molar-refractivity contribution is 5.94. The van der Waals surface area contributed by atoms with Crippen LogP contribution in [0.2, 0.25) is 0 Å². The normalized spacial score (nSPS) is 18.8. The summed E-state index contributed by atoms with van der Waals surface area (Å²) in [6.45, 7) is 2.51. The van der Waals surface area contributed by atoms with Crippen LogP contribution in [0.3, 0.4) is 0 Å². The van der Waals surface area contributed by atoms with Crippen molar-refractivity contribution in [2.24, 2.45) is 5.92 Å². The Morgan fingerprint density at radius 2 is 2.39 bits per heavy atom. The van der Waals surface area contributed by atoms with Crippen LogP contribution < -0.4 is 11.1 Å². The zero-order chi connectivity index (χ0) is 13.0. The monoisotopic (exact) mass is 250 g/mol. The van der Waals surface area contributed by atoms with Gasteiger partial charge in [0.05, 0.1) is 5.56 Å². The third-order valence-electron chi connectivity index (χ3n) is 3.19. The first kappa shape index (κ1) is 12.7. The van der Waals surface area contributed by atoms with E-state index in [1.807, 2.05) is 0 Å². The van der Waals surface area contributed by atoms with Crippen molar-refractivity contribution in [3.05, 3.63) is 23.8 Å². The Hall–Kier alpha value is -1.75. The number of nitrogens with two attached hydrogens (primary N) is 1. The number of carboxylic acid groups (broad SMARTS) is 1. The number of benzene rings is 1. The number of carboxylic acids is 1. The molecule has 0 radical (unpaired) electrons. The lowest BCUT2D eigenvalue weighted by Crippen LogP contribution is -2.10. The summed E-state index contributed by atoms with van der Waals surface area (Å²) in [7, 11) is 0. The van der Waals surface area contributed by atoms with Crippen LogP contribution >= 0.6 is 0 Å². The zero-order valence-corrected chi connectivity index (χ0v) is 10.2. The molecule has 0 bridgehead atoms. The number of rotatable bonds is 5. The molecule has 1 fully saturated rings. The topological polar surface area (TPSA) is 84.6 Å². The van der Waals surface area contributed by atoms with Crippen LogP contribution in [-0.2, 0) is 4.74 Å². The Morgan fingerprint density at radius 3 is 3.06 bits per heavy atom. The van der Waals surface area contributed by atoms with Crippen molar-refractivity contribution in [3.8, 4) is 0 Å². The molecule has 0 aliphatic carbocycles. The summed E-state index contributed by atoms with van der Waals surface area (Å²) in [5.41, 5.74) is 6.82. The molecular formula is C13H18N2O3. The Morgan fingerprint density at radius 1 is 1.56 bits per heavy atom. The minimum Gasteiger partial charge on any atom is -0.478 e. The second-order valence-corrected chi connectivity index (χ2v) is 4.55. The SMILES string of the molecule is Nc1ccc(NCCC2CCOC2)cc1C(=O)O. The van der Waals surface area contributed by atoms with Crippen molar-refractivity contribution in [2.75, 3.05) is 30.8 Å². The number of hydrogen-bond acceptors (Lipinski definition) is 4. The average molecular weight is 250 g/mol. The van der Waals surface area contributed by atoms with Gasteiger partial charge in [-0.25, -0.2) is 4.79 Å². The van der Waals surface area contributed by atoms with E-state index < -0.39 is 5.97 Å². The standard InChI is InChI=1S/C13H18N2O3/c14-12-2-1-10(7-11(12)13(16)17)15-5-3-9-4-6-18-8-9/h1-2,7,9,15H,3-6,8,14H2,(H,16,17). The summed E-state index contributed by atoms with van der Waals surface area (Å²) in [6, 6.07) is 4.99. The van der Waals surface area contributed by atoms with Gasteiger partial charge in [0.25, 0.3) is 0 Å². The highest BCUT2D eigenvalue weighted by Gasteiger charge is 2.15. The van der Waals surface area contributed by atoms with E-state index in [0.717, 1.165) is 38.3 Å². The molecule has 1 aromatic carbocycles. The maximum atomic E-state index is 10.9. The quantitative estimate of drug-likeness (QED) is 0.694. The Bertz CT molecular complexity index is 428. The largest absolute Gasteiger partial charge is 0.478 e. The fraction of sp³-hybridized carbons (Fsp3) is 0.462. The lowest BCUT2D eigenvalue weighted by Gasteiger charge is -2.11. The number of hydrogen-bond donors (Lipinski definition) is 3. The van der Waals surface area contributed by atoms with Crippen molar-refractivity contribution in [3.63, 3.8) is 0 Å². The third kappa shape index (κ3) is 3.13. The van der Waals surface area contributed by atoms with Crippen LogP contribution in [-0.4, -0.2) is 30.8 Å². The summed E-state index contributed by atoms with van der Waals surface area (Å²) in [5, 5.41) is 12.2. The number of carbonyl (C=O) groups is 1. The van der Waals surface area contributed by atoms with Crippen LogP contribution in [0, 0.1) is 5.92 Å². The number of nitrogens with one attached hydrogen (secondary N) is 1. The van der Waals surface area contributed by atoms with Gasteiger partial charge in [0, 0.05) is 31.1 Å². The molecule has 18 heavy (non-hydrogen) atoms. The van der Waals surface area contributed by atoms with E-state index in [-0.39, 0.29) is 11.3 Å². The molecule has 5 heteroatoms. The molecule has 5 nitrogen and oxygen atoms in total. The van der Waals surface area contributed by atoms with E-state index in [1.165, 1.54) is 0 Å². The number of ether oxygens (including phenoxy) is 1. The van der Waals surface area contributed by atoms with Gasteiger partial charge in [0.2, 0.25) is 0 Å². The molecule has 0 amide bonds. The fourth-order valence-electron chi connectivity index (χ4n) is 2.08. The predicted octanol–water partition coefficient (Wildman–Crippen LogP) is 1.81. The number of aromatic carboxylic acids is 1. The first-order valence-corrected chi connectivity index (χ1v) is 6.11. The van der Waals surface area contributed by atoms with Gasteiger partial charge in [-0.2, -0.15) is 0 Å². The molecule has 0 spiro atoms. The second-order valence-electron chi connectivity index (χ2n) is 4.55. The average Bonchev–Trinajstić information content (AvgIpc) is 2.84. The van der Waals surface area contributed by atoms with Crippen LogP contribution in [0.1, 0.15) is 23.2 Å². The van der Waals surface area contributed by atoms with Crippen molar-refractivity contribution in [2.45, 2.75) is 12.8 Å². The summed E-state index contributed by atoms with van der Waals surface area (Å²) < 4.78 is 5.30. The van der Waals surface area contributed by atoms with Crippen LogP contribution in [0.4, 0.5) is 11.4 Å². The molecule has 1 aliphatic heterocycles. The molecule has 4 N–H and O–H groups in total. The molecular weight excluding hydrogens is 232 g/mol. The molecule has 0 aromatic heterocycles. The summed E-state index contributed by atoms with van der Waals surface area (Å²) in [4.78, 5) is 10.9. The van der Waals surface area contributed by atoms with Gasteiger partial charge in [0.1, 0.15) is 0 Å². The zero-order valence-electron chi connectivity index (χ0n) is 10.2. The first-order chi connectivity index (χ1) is 8.66. The van der Waals surface area contributed by atoms with Gasteiger partial charge in [-0.05, 0) is 37.0 Å². The molecule has 2 rings (SSSR count). The summed E-state index contributed by atoms with van der Waals surface area (Å²) >= 11 is 0. The number of nitrogen functional groups attached to an aromatic ring is 1. The van der Waals surface area contributed by atoms with Crippen molar-refractivity contribution in [1.29, 1.82) is 0 Å². The molecule has 0 saturated carbocycles. The van der Waals surface area contributed by atoms with E-state index in [2.05, 4.69) is 5.32 Å². The minimum atomic E-state index is -1.000. The smallest absolute Gasteiger partial charge is 0.337 e. The van der Waals surface area contributed by atoms with E-state index in [9.17, 15) is 4.79 Å². The molecule has 1 aliphatic rings. The summed E-state index contributed by atoms with van der Waals surface area (Å²) in [5.74, 6) is -0.384. The van der Waals surface area contributed by atoms with Crippen molar-refractivity contribution >= 4 is 17.3 Å². The van der Waals surface area contributed by atoms with E-state index in [4.69, 9.17) is 15.6 Å². The summed E-state index contributed by atoms with van der Waals surface area (Å²) in [6.07, 6.45) is 2.15. The lowest BCUT2D eigenvalue weighted by molar-refractivity contribution is 0.0698. The second kappa shape index (κ2) is 5.73. The number of anilines is 2. The fourth-order valence-corrected chi connectivity index (χ4v) is 2.08. The maximum Gasteiger partial charge on any atom is 0.337 e.